The average molecular weight is 476 g/mol. The average Bonchev–Trinajstić information content (AvgIpc) is 2.84. The molecule has 1 heterocycles. The van der Waals surface area contributed by atoms with E-state index in [1.54, 1.807) is 0 Å². The van der Waals surface area contributed by atoms with Gasteiger partial charge in [-0.3, -0.25) is 9.59 Å². The van der Waals surface area contributed by atoms with E-state index in [1.807, 2.05) is 75.4 Å². The summed E-state index contributed by atoms with van der Waals surface area (Å²) in [5, 5.41) is 16.9. The monoisotopic (exact) mass is 475 g/mol. The number of esters is 1. The third kappa shape index (κ3) is 6.09. The lowest BCUT2D eigenvalue weighted by molar-refractivity contribution is -0.140. The maximum atomic E-state index is 13.5. The number of aryl methyl sites for hydroxylation is 1. The first-order chi connectivity index (χ1) is 16.5. The van der Waals surface area contributed by atoms with Crippen LogP contribution in [0.15, 0.2) is 76.5 Å². The molecule has 2 aromatic rings. The number of carbonyl (C=O) groups is 2. The highest BCUT2D eigenvalue weighted by atomic mass is 32.2. The number of unbranched alkanes of at least 4 members (excludes halogenated alkanes) is 1. The first kappa shape index (κ1) is 25.1. The summed E-state index contributed by atoms with van der Waals surface area (Å²) in [6.45, 7) is 6.17. The summed E-state index contributed by atoms with van der Waals surface area (Å²) < 4.78 is 5.25. The molecule has 1 aliphatic heterocycles. The van der Waals surface area contributed by atoms with Gasteiger partial charge >= 0.3 is 5.97 Å². The van der Waals surface area contributed by atoms with E-state index in [2.05, 4.69) is 16.7 Å². The normalized spacial score (nSPS) is 15.4. The standard InChI is InChI=1S/C27H29N3O3S/c1-4-5-15-33-23(31)17-34-27-21(16-28)25(20-12-7-6-8-13-20)24(19(3)29-27)26(32)30-22-14-10-9-11-18(22)2/h6-14,25,29H,4-5,15,17H2,1-3H3,(H,30,32). The summed E-state index contributed by atoms with van der Waals surface area (Å²) in [6, 6.07) is 19.3. The lowest BCUT2D eigenvalue weighted by Gasteiger charge is -2.30. The van der Waals surface area contributed by atoms with Crippen molar-refractivity contribution < 1.29 is 14.3 Å². The van der Waals surface area contributed by atoms with E-state index in [0.717, 1.165) is 29.7 Å². The highest BCUT2D eigenvalue weighted by Crippen LogP contribution is 2.41. The van der Waals surface area contributed by atoms with Crippen molar-refractivity contribution in [1.29, 1.82) is 5.26 Å². The molecule has 6 nitrogen and oxygen atoms in total. The maximum Gasteiger partial charge on any atom is 0.316 e. The van der Waals surface area contributed by atoms with Gasteiger partial charge in [-0.1, -0.05) is 73.6 Å². The number of ether oxygens (including phenoxy) is 1. The molecule has 0 radical (unpaired) electrons. The molecule has 3 rings (SSSR count). The number of allylic oxidation sites excluding steroid dienone is 2. The predicted molar refractivity (Wildman–Crippen MR) is 136 cm³/mol. The van der Waals surface area contributed by atoms with Gasteiger partial charge in [-0.2, -0.15) is 5.26 Å². The molecule has 1 unspecified atom stereocenters. The molecule has 2 aromatic carbocycles. The molecule has 1 atom stereocenters. The Morgan fingerprint density at radius 2 is 1.82 bits per heavy atom. The van der Waals surface area contributed by atoms with Crippen LogP contribution < -0.4 is 10.6 Å². The Balaban J connectivity index is 1.92. The molecular formula is C27H29N3O3S. The number of benzene rings is 2. The summed E-state index contributed by atoms with van der Waals surface area (Å²) in [7, 11) is 0. The fourth-order valence-corrected chi connectivity index (χ4v) is 4.60. The molecule has 0 saturated heterocycles. The van der Waals surface area contributed by atoms with E-state index in [0.29, 0.717) is 28.5 Å². The van der Waals surface area contributed by atoms with Crippen molar-refractivity contribution in [2.75, 3.05) is 17.7 Å². The first-order valence-electron chi connectivity index (χ1n) is 11.3. The Hall–Kier alpha value is -3.50. The van der Waals surface area contributed by atoms with Crippen molar-refractivity contribution in [3.05, 3.63) is 87.6 Å². The molecule has 1 amide bonds. The smallest absolute Gasteiger partial charge is 0.316 e. The Morgan fingerprint density at radius 3 is 2.50 bits per heavy atom. The highest BCUT2D eigenvalue weighted by Gasteiger charge is 2.35. The molecule has 1 aliphatic rings. The molecule has 0 fully saturated rings. The van der Waals surface area contributed by atoms with Crippen molar-refractivity contribution in [2.45, 2.75) is 39.5 Å². The first-order valence-corrected chi connectivity index (χ1v) is 12.3. The molecule has 2 N–H and O–H groups in total. The van der Waals surface area contributed by atoms with E-state index in [1.165, 1.54) is 11.8 Å². The molecule has 0 spiro atoms. The van der Waals surface area contributed by atoms with Gasteiger partial charge in [0.2, 0.25) is 0 Å². The summed E-state index contributed by atoms with van der Waals surface area (Å²) in [5.74, 6) is -1.08. The van der Waals surface area contributed by atoms with Crippen LogP contribution in [0.5, 0.6) is 0 Å². The second-order valence-electron chi connectivity index (χ2n) is 7.99. The number of nitrogens with one attached hydrogen (secondary N) is 2. The van der Waals surface area contributed by atoms with Gasteiger partial charge in [0.05, 0.1) is 34.9 Å². The van der Waals surface area contributed by atoms with Crippen LogP contribution in [0.2, 0.25) is 0 Å². The second-order valence-corrected chi connectivity index (χ2v) is 8.98. The number of thioether (sulfide) groups is 1. The van der Waals surface area contributed by atoms with E-state index in [-0.39, 0.29) is 17.6 Å². The summed E-state index contributed by atoms with van der Waals surface area (Å²) in [4.78, 5) is 25.6. The predicted octanol–water partition coefficient (Wildman–Crippen LogP) is 5.41. The topological polar surface area (TPSA) is 91.2 Å². The number of dihydropyridines is 1. The minimum Gasteiger partial charge on any atom is -0.465 e. The number of anilines is 1. The van der Waals surface area contributed by atoms with Crippen molar-refractivity contribution in [3.63, 3.8) is 0 Å². The molecule has 7 heteroatoms. The summed E-state index contributed by atoms with van der Waals surface area (Å²) >= 11 is 1.22. The number of hydrogen-bond acceptors (Lipinski definition) is 6. The van der Waals surface area contributed by atoms with E-state index in [9.17, 15) is 14.9 Å². The van der Waals surface area contributed by atoms with Gasteiger partial charge in [-0.25, -0.2) is 0 Å². The van der Waals surface area contributed by atoms with Gasteiger partial charge < -0.3 is 15.4 Å². The Morgan fingerprint density at radius 1 is 1.12 bits per heavy atom. The van der Waals surface area contributed by atoms with Crippen LogP contribution in [-0.2, 0) is 14.3 Å². The zero-order valence-electron chi connectivity index (χ0n) is 19.7. The van der Waals surface area contributed by atoms with Crippen LogP contribution in [0.3, 0.4) is 0 Å². The molecule has 0 aromatic heterocycles. The van der Waals surface area contributed by atoms with Crippen molar-refractivity contribution in [3.8, 4) is 6.07 Å². The van der Waals surface area contributed by atoms with Gasteiger partial charge in [0, 0.05) is 17.0 Å². The lowest BCUT2D eigenvalue weighted by atomic mass is 9.82. The summed E-state index contributed by atoms with van der Waals surface area (Å²) in [5.41, 5.74) is 4.01. The highest BCUT2D eigenvalue weighted by molar-refractivity contribution is 8.03. The summed E-state index contributed by atoms with van der Waals surface area (Å²) in [6.07, 6.45) is 1.76. The number of nitriles is 1. The number of amides is 1. The second kappa shape index (κ2) is 12.1. The minimum absolute atomic E-state index is 0.0801. The fourth-order valence-electron chi connectivity index (χ4n) is 3.71. The zero-order valence-corrected chi connectivity index (χ0v) is 20.5. The lowest BCUT2D eigenvalue weighted by Crippen LogP contribution is -2.31. The van der Waals surface area contributed by atoms with E-state index in [4.69, 9.17) is 4.74 Å². The van der Waals surface area contributed by atoms with Crippen LogP contribution in [-0.4, -0.2) is 24.2 Å². The van der Waals surface area contributed by atoms with Gasteiger partial charge in [-0.15, -0.1) is 0 Å². The third-order valence-corrected chi connectivity index (χ3v) is 6.50. The van der Waals surface area contributed by atoms with Crippen molar-refractivity contribution in [2.24, 2.45) is 0 Å². The van der Waals surface area contributed by atoms with Crippen molar-refractivity contribution in [1.82, 2.24) is 5.32 Å². The van der Waals surface area contributed by atoms with Gasteiger partial charge in [0.15, 0.2) is 0 Å². The number of hydrogen-bond donors (Lipinski definition) is 2. The van der Waals surface area contributed by atoms with Crippen LogP contribution in [0.4, 0.5) is 5.69 Å². The Labute approximate surface area is 205 Å². The third-order valence-electron chi connectivity index (χ3n) is 5.51. The number of para-hydroxylation sites is 1. The number of nitrogens with zero attached hydrogens (tertiary/aromatic N) is 1. The Kier molecular flexibility index (Phi) is 8.94. The SMILES string of the molecule is CCCCOC(=O)CSC1=C(C#N)C(c2ccccc2)C(C(=O)Nc2ccccc2C)=C(C)N1. The van der Waals surface area contributed by atoms with Crippen LogP contribution in [0, 0.1) is 18.3 Å². The van der Waals surface area contributed by atoms with Gasteiger partial charge in [-0.05, 0) is 37.5 Å². The van der Waals surface area contributed by atoms with Crippen LogP contribution in [0.1, 0.15) is 43.7 Å². The van der Waals surface area contributed by atoms with E-state index >= 15 is 0 Å². The molecule has 34 heavy (non-hydrogen) atoms. The minimum atomic E-state index is -0.560. The molecule has 0 saturated carbocycles. The fraction of sp³-hybridized carbons (Fsp3) is 0.296. The van der Waals surface area contributed by atoms with Crippen LogP contribution >= 0.6 is 11.8 Å². The maximum absolute atomic E-state index is 13.5. The van der Waals surface area contributed by atoms with Crippen molar-refractivity contribution >= 4 is 29.3 Å². The number of rotatable bonds is 9. The Bertz CT molecular complexity index is 1150. The molecule has 0 aliphatic carbocycles. The van der Waals surface area contributed by atoms with E-state index < -0.39 is 5.92 Å². The molecule has 176 valence electrons. The molecular weight excluding hydrogens is 446 g/mol. The van der Waals surface area contributed by atoms with Gasteiger partial charge in [0.1, 0.15) is 0 Å². The zero-order chi connectivity index (χ0) is 24.5. The van der Waals surface area contributed by atoms with Gasteiger partial charge in [0.25, 0.3) is 5.91 Å². The largest absolute Gasteiger partial charge is 0.465 e. The molecule has 0 bridgehead atoms. The van der Waals surface area contributed by atoms with Crippen LogP contribution in [0.25, 0.3) is 0 Å². The number of carbonyl (C=O) groups excluding carboxylic acids is 2. The quantitative estimate of drug-likeness (QED) is 0.372.